The van der Waals surface area contributed by atoms with Crippen LogP contribution in [-0.4, -0.2) is 36.6 Å². The van der Waals surface area contributed by atoms with E-state index in [0.717, 1.165) is 23.9 Å². The Morgan fingerprint density at radius 3 is 2.62 bits per heavy atom. The average Bonchev–Trinajstić information content (AvgIpc) is 2.15. The highest BCUT2D eigenvalue weighted by molar-refractivity contribution is 4.86. The van der Waals surface area contributed by atoms with Gasteiger partial charge in [-0.25, -0.2) is 0 Å². The van der Waals surface area contributed by atoms with Gasteiger partial charge in [-0.1, -0.05) is 20.3 Å². The second-order valence-corrected chi connectivity index (χ2v) is 6.33. The molecular formula is C14H28N2. The third-order valence-electron chi connectivity index (χ3n) is 4.25. The summed E-state index contributed by atoms with van der Waals surface area (Å²) in [7, 11) is 0. The van der Waals surface area contributed by atoms with Gasteiger partial charge < -0.3 is 5.32 Å². The number of hydrogen-bond acceptors (Lipinski definition) is 2. The Bertz CT molecular complexity index is 211. The van der Waals surface area contributed by atoms with Gasteiger partial charge in [0.15, 0.2) is 0 Å². The molecule has 0 bridgehead atoms. The molecule has 2 atom stereocenters. The van der Waals surface area contributed by atoms with E-state index in [1.807, 2.05) is 0 Å². The molecule has 0 spiro atoms. The fraction of sp³-hybridized carbons (Fsp3) is 1.00. The number of piperazine rings is 1. The lowest BCUT2D eigenvalue weighted by Crippen LogP contribution is -2.56. The van der Waals surface area contributed by atoms with Crippen molar-refractivity contribution in [3.05, 3.63) is 0 Å². The van der Waals surface area contributed by atoms with Gasteiger partial charge in [-0.05, 0) is 38.0 Å². The van der Waals surface area contributed by atoms with E-state index in [1.54, 1.807) is 0 Å². The minimum absolute atomic E-state index is 0.733. The molecule has 2 fully saturated rings. The molecule has 1 N–H and O–H groups in total. The smallest absolute Gasteiger partial charge is 0.0198 e. The van der Waals surface area contributed by atoms with Gasteiger partial charge in [0, 0.05) is 31.7 Å². The van der Waals surface area contributed by atoms with E-state index >= 15 is 0 Å². The molecule has 1 aliphatic carbocycles. The van der Waals surface area contributed by atoms with Crippen LogP contribution in [0, 0.1) is 11.8 Å². The molecule has 1 saturated carbocycles. The molecule has 94 valence electrons. The number of rotatable bonds is 4. The largest absolute Gasteiger partial charge is 0.311 e. The Balaban J connectivity index is 1.79. The molecule has 0 aromatic carbocycles. The molecule has 2 rings (SSSR count). The summed E-state index contributed by atoms with van der Waals surface area (Å²) in [5.41, 5.74) is 0. The Morgan fingerprint density at radius 2 is 2.06 bits per heavy atom. The SMILES string of the molecule is CC(C)CC1CN(CC2CCC2)C(C)CN1. The molecule has 1 heterocycles. The zero-order valence-electron chi connectivity index (χ0n) is 11.2. The number of hydrogen-bond donors (Lipinski definition) is 1. The van der Waals surface area contributed by atoms with Crippen LogP contribution >= 0.6 is 0 Å². The maximum absolute atomic E-state index is 3.70. The molecule has 2 nitrogen and oxygen atoms in total. The molecule has 16 heavy (non-hydrogen) atoms. The van der Waals surface area contributed by atoms with Crippen LogP contribution in [0.2, 0.25) is 0 Å². The molecular weight excluding hydrogens is 196 g/mol. The van der Waals surface area contributed by atoms with Gasteiger partial charge in [0.2, 0.25) is 0 Å². The Morgan fingerprint density at radius 1 is 1.31 bits per heavy atom. The van der Waals surface area contributed by atoms with Gasteiger partial charge in [0.25, 0.3) is 0 Å². The van der Waals surface area contributed by atoms with E-state index in [2.05, 4.69) is 31.0 Å². The third kappa shape index (κ3) is 3.21. The lowest BCUT2D eigenvalue weighted by molar-refractivity contribution is 0.0918. The highest BCUT2D eigenvalue weighted by Gasteiger charge is 2.28. The molecule has 2 aliphatic rings. The van der Waals surface area contributed by atoms with Crippen molar-refractivity contribution in [1.82, 2.24) is 10.2 Å². The van der Waals surface area contributed by atoms with E-state index in [0.29, 0.717) is 0 Å². The zero-order chi connectivity index (χ0) is 11.5. The highest BCUT2D eigenvalue weighted by Crippen LogP contribution is 2.28. The summed E-state index contributed by atoms with van der Waals surface area (Å²) in [6, 6.07) is 1.47. The van der Waals surface area contributed by atoms with Crippen LogP contribution in [-0.2, 0) is 0 Å². The summed E-state index contributed by atoms with van der Waals surface area (Å²) in [5.74, 6) is 1.83. The summed E-state index contributed by atoms with van der Waals surface area (Å²) in [6.07, 6.45) is 5.76. The van der Waals surface area contributed by atoms with Crippen molar-refractivity contribution in [1.29, 1.82) is 0 Å². The zero-order valence-corrected chi connectivity index (χ0v) is 11.2. The van der Waals surface area contributed by atoms with Crippen molar-refractivity contribution in [3.63, 3.8) is 0 Å². The first-order valence-electron chi connectivity index (χ1n) is 7.12. The van der Waals surface area contributed by atoms with Gasteiger partial charge in [-0.3, -0.25) is 4.90 Å². The molecule has 0 amide bonds. The fourth-order valence-electron chi connectivity index (χ4n) is 2.98. The minimum Gasteiger partial charge on any atom is -0.311 e. The molecule has 1 aliphatic heterocycles. The van der Waals surface area contributed by atoms with E-state index in [9.17, 15) is 0 Å². The van der Waals surface area contributed by atoms with Gasteiger partial charge in [0.05, 0.1) is 0 Å². The molecule has 1 saturated heterocycles. The van der Waals surface area contributed by atoms with Gasteiger partial charge in [-0.2, -0.15) is 0 Å². The second kappa shape index (κ2) is 5.50. The molecule has 2 heteroatoms. The normalized spacial score (nSPS) is 33.0. The van der Waals surface area contributed by atoms with Crippen molar-refractivity contribution >= 4 is 0 Å². The topological polar surface area (TPSA) is 15.3 Å². The molecule has 0 radical (unpaired) electrons. The van der Waals surface area contributed by atoms with Crippen LogP contribution in [0.15, 0.2) is 0 Å². The monoisotopic (exact) mass is 224 g/mol. The van der Waals surface area contributed by atoms with Crippen LogP contribution in [0.25, 0.3) is 0 Å². The summed E-state index contributed by atoms with van der Waals surface area (Å²) in [4.78, 5) is 2.73. The van der Waals surface area contributed by atoms with Crippen LogP contribution in [0.3, 0.4) is 0 Å². The Hall–Kier alpha value is -0.0800. The molecule has 0 aromatic rings. The van der Waals surface area contributed by atoms with Crippen LogP contribution in [0.4, 0.5) is 0 Å². The lowest BCUT2D eigenvalue weighted by Gasteiger charge is -2.42. The van der Waals surface area contributed by atoms with Crippen molar-refractivity contribution < 1.29 is 0 Å². The van der Waals surface area contributed by atoms with Crippen molar-refractivity contribution in [2.24, 2.45) is 11.8 Å². The Kier molecular flexibility index (Phi) is 4.26. The number of nitrogens with one attached hydrogen (secondary N) is 1. The van der Waals surface area contributed by atoms with Crippen LogP contribution in [0.1, 0.15) is 46.5 Å². The first-order chi connectivity index (χ1) is 7.65. The second-order valence-electron chi connectivity index (χ2n) is 6.33. The first kappa shape index (κ1) is 12.4. The molecule has 0 aromatic heterocycles. The summed E-state index contributed by atoms with van der Waals surface area (Å²) in [6.45, 7) is 10.8. The summed E-state index contributed by atoms with van der Waals surface area (Å²) >= 11 is 0. The van der Waals surface area contributed by atoms with E-state index < -0.39 is 0 Å². The van der Waals surface area contributed by atoms with E-state index in [1.165, 1.54) is 45.3 Å². The van der Waals surface area contributed by atoms with Gasteiger partial charge >= 0.3 is 0 Å². The Labute approximate surface area is 101 Å². The lowest BCUT2D eigenvalue weighted by atomic mass is 9.84. The quantitative estimate of drug-likeness (QED) is 0.789. The first-order valence-corrected chi connectivity index (χ1v) is 7.12. The standard InChI is InChI=1S/C14H28N2/c1-11(2)7-14-10-16(12(3)8-15-14)9-13-5-4-6-13/h11-15H,4-10H2,1-3H3. The minimum atomic E-state index is 0.733. The third-order valence-corrected chi connectivity index (χ3v) is 4.25. The predicted octanol–water partition coefficient (Wildman–Crippen LogP) is 2.49. The maximum atomic E-state index is 3.70. The summed E-state index contributed by atoms with van der Waals surface area (Å²) < 4.78 is 0. The van der Waals surface area contributed by atoms with E-state index in [4.69, 9.17) is 0 Å². The van der Waals surface area contributed by atoms with Crippen molar-refractivity contribution in [2.75, 3.05) is 19.6 Å². The van der Waals surface area contributed by atoms with Crippen LogP contribution in [0.5, 0.6) is 0 Å². The fourth-order valence-corrected chi connectivity index (χ4v) is 2.98. The predicted molar refractivity (Wildman–Crippen MR) is 69.6 cm³/mol. The van der Waals surface area contributed by atoms with Crippen molar-refractivity contribution in [3.8, 4) is 0 Å². The van der Waals surface area contributed by atoms with E-state index in [-0.39, 0.29) is 0 Å². The number of nitrogens with zero attached hydrogens (tertiary/aromatic N) is 1. The van der Waals surface area contributed by atoms with Gasteiger partial charge in [-0.15, -0.1) is 0 Å². The molecule has 2 unspecified atom stereocenters. The van der Waals surface area contributed by atoms with Gasteiger partial charge in [0.1, 0.15) is 0 Å². The summed E-state index contributed by atoms with van der Waals surface area (Å²) in [5, 5.41) is 3.70. The maximum Gasteiger partial charge on any atom is 0.0198 e. The van der Waals surface area contributed by atoms with Crippen molar-refractivity contribution in [2.45, 2.75) is 58.5 Å². The average molecular weight is 224 g/mol. The highest BCUT2D eigenvalue weighted by atomic mass is 15.2. The van der Waals surface area contributed by atoms with Crippen LogP contribution < -0.4 is 5.32 Å².